The fourth-order valence-corrected chi connectivity index (χ4v) is 3.26. The van der Waals surface area contributed by atoms with E-state index < -0.39 is 24.2 Å². The number of benzene rings is 2. The number of nitrogens with one attached hydrogen (secondary N) is 1. The van der Waals surface area contributed by atoms with E-state index in [0.29, 0.717) is 5.02 Å². The minimum Gasteiger partial charge on any atom is -0.424 e. The number of amides is 1. The molecule has 8 heteroatoms. The van der Waals surface area contributed by atoms with Crippen LogP contribution in [0.25, 0.3) is 0 Å². The molecule has 0 bridgehead atoms. The van der Waals surface area contributed by atoms with Crippen molar-refractivity contribution in [1.29, 1.82) is 0 Å². The molecule has 0 aliphatic heterocycles. The lowest BCUT2D eigenvalue weighted by Gasteiger charge is -2.11. The molecule has 2 aromatic rings. The summed E-state index contributed by atoms with van der Waals surface area (Å²) in [6.45, 7) is 1.30. The Morgan fingerprint density at radius 1 is 1.22 bits per heavy atom. The van der Waals surface area contributed by atoms with Crippen LogP contribution in [-0.4, -0.2) is 24.2 Å². The predicted molar refractivity (Wildman–Crippen MR) is 98.2 cm³/mol. The van der Waals surface area contributed by atoms with Gasteiger partial charge in [-0.25, -0.2) is 9.18 Å². The molecule has 2 aromatic carbocycles. The molecule has 0 saturated heterocycles. The number of carbonyl (C=O) groups excluding carboxylic acids is 3. The van der Waals surface area contributed by atoms with Gasteiger partial charge >= 0.3 is 5.97 Å². The van der Waals surface area contributed by atoms with Crippen LogP contribution in [0.15, 0.2) is 30.3 Å². The maximum atomic E-state index is 14.0. The van der Waals surface area contributed by atoms with Crippen LogP contribution >= 0.6 is 23.2 Å². The lowest BCUT2D eigenvalue weighted by molar-refractivity contribution is -0.133. The number of hydrogen-bond donors (Lipinski definition) is 1. The van der Waals surface area contributed by atoms with Crippen LogP contribution < -0.4 is 10.1 Å². The third-order valence-electron chi connectivity index (χ3n) is 4.22. The van der Waals surface area contributed by atoms with Gasteiger partial charge in [-0.3, -0.25) is 9.59 Å². The van der Waals surface area contributed by atoms with Gasteiger partial charge in [-0.15, -0.1) is 0 Å². The van der Waals surface area contributed by atoms with Gasteiger partial charge in [-0.1, -0.05) is 30.1 Å². The van der Waals surface area contributed by atoms with E-state index in [9.17, 15) is 18.8 Å². The maximum absolute atomic E-state index is 14.0. The number of rotatable bonds is 4. The molecule has 0 fully saturated rings. The molecule has 0 radical (unpaired) electrons. The Kier molecular flexibility index (Phi) is 5.48. The van der Waals surface area contributed by atoms with Gasteiger partial charge in [0, 0.05) is 17.5 Å². The zero-order chi connectivity index (χ0) is 19.7. The van der Waals surface area contributed by atoms with Crippen LogP contribution in [0.3, 0.4) is 0 Å². The summed E-state index contributed by atoms with van der Waals surface area (Å²) in [5.41, 5.74) is 0.570. The van der Waals surface area contributed by atoms with Gasteiger partial charge < -0.3 is 10.1 Å². The van der Waals surface area contributed by atoms with Gasteiger partial charge in [-0.05, 0) is 36.2 Å². The van der Waals surface area contributed by atoms with E-state index in [-0.39, 0.29) is 45.6 Å². The van der Waals surface area contributed by atoms with Crippen molar-refractivity contribution < 1.29 is 23.5 Å². The number of Topliss-reactive ketones (excluding diaryl/α,β-unsaturated/α-hetero) is 1. The normalized spacial score (nSPS) is 15.4. The monoisotopic (exact) mass is 409 g/mol. The number of ketones is 1. The second kappa shape index (κ2) is 7.66. The Labute approximate surface area is 164 Å². The van der Waals surface area contributed by atoms with Crippen molar-refractivity contribution >= 4 is 40.9 Å². The van der Waals surface area contributed by atoms with Crippen molar-refractivity contribution in [3.63, 3.8) is 0 Å². The highest BCUT2D eigenvalue weighted by atomic mass is 35.5. The van der Waals surface area contributed by atoms with Gasteiger partial charge in [0.2, 0.25) is 0 Å². The predicted octanol–water partition coefficient (Wildman–Crippen LogP) is 4.16. The molecule has 1 amide bonds. The quantitative estimate of drug-likeness (QED) is 0.607. The smallest absolute Gasteiger partial charge is 0.330 e. The number of carbonyl (C=O) groups is 3. The first-order chi connectivity index (χ1) is 12.8. The van der Waals surface area contributed by atoms with E-state index in [1.165, 1.54) is 24.3 Å². The molecule has 3 rings (SSSR count). The summed E-state index contributed by atoms with van der Waals surface area (Å²) < 4.78 is 19.1. The van der Waals surface area contributed by atoms with Crippen LogP contribution in [0.4, 0.5) is 4.39 Å². The van der Waals surface area contributed by atoms with Crippen LogP contribution in [-0.2, 0) is 4.79 Å². The molecule has 0 spiro atoms. The first kappa shape index (κ1) is 19.3. The van der Waals surface area contributed by atoms with Crippen LogP contribution in [0.5, 0.6) is 5.75 Å². The molecule has 1 aliphatic rings. The zero-order valence-electron chi connectivity index (χ0n) is 14.1. The Morgan fingerprint density at radius 2 is 1.96 bits per heavy atom. The molecule has 1 N–H and O–H groups in total. The highest BCUT2D eigenvalue weighted by Crippen LogP contribution is 2.39. The van der Waals surface area contributed by atoms with Crippen LogP contribution in [0, 0.1) is 5.82 Å². The van der Waals surface area contributed by atoms with E-state index in [4.69, 9.17) is 27.9 Å². The Bertz CT molecular complexity index is 961. The molecular weight excluding hydrogens is 396 g/mol. The first-order valence-electron chi connectivity index (χ1n) is 8.07. The van der Waals surface area contributed by atoms with Crippen LogP contribution in [0.2, 0.25) is 10.0 Å². The van der Waals surface area contributed by atoms with Crippen molar-refractivity contribution in [2.45, 2.75) is 19.3 Å². The summed E-state index contributed by atoms with van der Waals surface area (Å²) in [6, 6.07) is 6.69. The van der Waals surface area contributed by atoms with E-state index >= 15 is 0 Å². The molecule has 0 heterocycles. The average Bonchev–Trinajstić information content (AvgIpc) is 2.93. The molecule has 5 nitrogen and oxygen atoms in total. The zero-order valence-corrected chi connectivity index (χ0v) is 15.7. The van der Waals surface area contributed by atoms with Crippen molar-refractivity contribution in [3.05, 3.63) is 62.9 Å². The molecule has 1 unspecified atom stereocenters. The number of hydrogen-bond acceptors (Lipinski definition) is 4. The lowest BCUT2D eigenvalue weighted by Crippen LogP contribution is -2.32. The Balaban J connectivity index is 1.68. The Morgan fingerprint density at radius 3 is 2.67 bits per heavy atom. The highest BCUT2D eigenvalue weighted by Gasteiger charge is 2.33. The van der Waals surface area contributed by atoms with Crippen LogP contribution in [0.1, 0.15) is 45.5 Å². The summed E-state index contributed by atoms with van der Waals surface area (Å²) >= 11 is 11.6. The first-order valence-corrected chi connectivity index (χ1v) is 8.83. The third kappa shape index (κ3) is 3.96. The molecule has 140 valence electrons. The summed E-state index contributed by atoms with van der Waals surface area (Å²) in [4.78, 5) is 36.2. The maximum Gasteiger partial charge on any atom is 0.330 e. The molecule has 0 aromatic heterocycles. The van der Waals surface area contributed by atoms with E-state index in [2.05, 4.69) is 5.32 Å². The molecular formula is C19H14Cl2FNO4. The SMILES string of the molecule is CC1CC(=O)c2c(OC(=O)CNC(=O)c3ccc(Cl)c(Cl)c3)ccc(F)c21. The molecule has 1 aliphatic carbocycles. The van der Waals surface area contributed by atoms with E-state index in [1.54, 1.807) is 6.92 Å². The summed E-state index contributed by atoms with van der Waals surface area (Å²) in [5, 5.41) is 2.90. The summed E-state index contributed by atoms with van der Waals surface area (Å²) in [5.74, 6) is -2.39. The van der Waals surface area contributed by atoms with Crippen molar-refractivity contribution in [2.75, 3.05) is 6.54 Å². The molecule has 0 saturated carbocycles. The molecule has 1 atom stereocenters. The van der Waals surface area contributed by atoms with Crippen molar-refractivity contribution in [3.8, 4) is 5.75 Å². The largest absolute Gasteiger partial charge is 0.424 e. The number of fused-ring (bicyclic) bond motifs is 1. The fraction of sp³-hybridized carbons (Fsp3) is 0.211. The highest BCUT2D eigenvalue weighted by molar-refractivity contribution is 6.42. The number of ether oxygens (including phenoxy) is 1. The number of esters is 1. The second-order valence-corrected chi connectivity index (χ2v) is 6.96. The second-order valence-electron chi connectivity index (χ2n) is 6.15. The van der Waals surface area contributed by atoms with Crippen molar-refractivity contribution in [2.24, 2.45) is 0 Å². The van der Waals surface area contributed by atoms with E-state index in [1.807, 2.05) is 0 Å². The topological polar surface area (TPSA) is 72.5 Å². The third-order valence-corrected chi connectivity index (χ3v) is 4.96. The minimum absolute atomic E-state index is 0.00506. The fourth-order valence-electron chi connectivity index (χ4n) is 2.96. The van der Waals surface area contributed by atoms with Gasteiger partial charge in [0.05, 0.1) is 15.6 Å². The van der Waals surface area contributed by atoms with Gasteiger partial charge in [0.25, 0.3) is 5.91 Å². The molecule has 27 heavy (non-hydrogen) atoms. The summed E-state index contributed by atoms with van der Waals surface area (Å²) in [7, 11) is 0. The average molecular weight is 410 g/mol. The van der Waals surface area contributed by atoms with Gasteiger partial charge in [0.15, 0.2) is 5.78 Å². The minimum atomic E-state index is -0.787. The Hall–Kier alpha value is -2.44. The van der Waals surface area contributed by atoms with Gasteiger partial charge in [0.1, 0.15) is 18.1 Å². The lowest BCUT2D eigenvalue weighted by atomic mass is 10.0. The van der Waals surface area contributed by atoms with Crippen molar-refractivity contribution in [1.82, 2.24) is 5.32 Å². The standard InChI is InChI=1S/C19H14Cl2FNO4/c1-9-6-14(24)18-15(5-4-13(22)17(9)18)27-16(25)8-23-19(26)10-2-3-11(20)12(21)7-10/h2-5,7,9H,6,8H2,1H3,(H,23,26). The van der Waals surface area contributed by atoms with E-state index in [0.717, 1.165) is 6.07 Å². The van der Waals surface area contributed by atoms with Gasteiger partial charge in [-0.2, -0.15) is 0 Å². The summed E-state index contributed by atoms with van der Waals surface area (Å²) in [6.07, 6.45) is 0.162. The number of halogens is 3.